The number of likely N-dealkylation sites (tertiary alicyclic amines) is 1. The number of piperidine rings is 1. The van der Waals surface area contributed by atoms with E-state index in [-0.39, 0.29) is 11.6 Å². The number of ether oxygens (including phenoxy) is 2. The van der Waals surface area contributed by atoms with Gasteiger partial charge in [0.05, 0.1) is 5.69 Å². The van der Waals surface area contributed by atoms with Crippen molar-refractivity contribution in [1.29, 1.82) is 0 Å². The van der Waals surface area contributed by atoms with Crippen LogP contribution in [0.25, 0.3) is 11.3 Å². The number of anilines is 1. The van der Waals surface area contributed by atoms with Crippen LogP contribution in [0, 0.1) is 11.8 Å². The molecule has 2 aromatic rings. The van der Waals surface area contributed by atoms with Gasteiger partial charge in [0.2, 0.25) is 0 Å². The van der Waals surface area contributed by atoms with Crippen molar-refractivity contribution < 1.29 is 18.3 Å². The first-order valence-electron chi connectivity index (χ1n) is 11.2. The lowest BCUT2D eigenvalue weighted by Gasteiger charge is -2.32. The van der Waals surface area contributed by atoms with Crippen LogP contribution >= 0.6 is 0 Å². The number of nitrogens with zero attached hydrogens (tertiary/aromatic N) is 4. The Morgan fingerprint density at radius 3 is 2.55 bits per heavy atom. The molecule has 2 aliphatic heterocycles. The third-order valence-corrected chi connectivity index (χ3v) is 7.30. The number of alkyl halides is 2. The van der Waals surface area contributed by atoms with Crippen molar-refractivity contribution in [3.63, 3.8) is 0 Å². The van der Waals surface area contributed by atoms with E-state index in [0.29, 0.717) is 35.4 Å². The maximum atomic E-state index is 12.7. The maximum absolute atomic E-state index is 12.7. The lowest BCUT2D eigenvalue weighted by atomic mass is 10.1. The Morgan fingerprint density at radius 1 is 1.13 bits per heavy atom. The highest BCUT2D eigenvalue weighted by Gasteiger charge is 2.58. The molecule has 2 aromatic heterocycles. The molecule has 4 heterocycles. The summed E-state index contributed by atoms with van der Waals surface area (Å²) >= 11 is 0. The van der Waals surface area contributed by atoms with Gasteiger partial charge in [0.25, 0.3) is 0 Å². The van der Waals surface area contributed by atoms with Gasteiger partial charge in [-0.1, -0.05) is 0 Å². The highest BCUT2D eigenvalue weighted by atomic mass is 19.3. The molecule has 0 unspecified atom stereocenters. The van der Waals surface area contributed by atoms with Crippen molar-refractivity contribution in [3.05, 3.63) is 24.3 Å². The van der Waals surface area contributed by atoms with Gasteiger partial charge in [-0.25, -0.2) is 9.97 Å². The first-order valence-corrected chi connectivity index (χ1v) is 11.2. The summed E-state index contributed by atoms with van der Waals surface area (Å²) in [6, 6.07) is 2.67. The molecule has 2 aliphatic carbocycles. The van der Waals surface area contributed by atoms with Crippen molar-refractivity contribution in [1.82, 2.24) is 19.4 Å². The summed E-state index contributed by atoms with van der Waals surface area (Å²) in [6.07, 6.45) is 8.25. The van der Waals surface area contributed by atoms with Gasteiger partial charge in [-0.2, -0.15) is 8.78 Å². The fourth-order valence-electron chi connectivity index (χ4n) is 5.50. The van der Waals surface area contributed by atoms with Gasteiger partial charge in [-0.3, -0.25) is 4.90 Å². The van der Waals surface area contributed by atoms with Crippen LogP contribution in [0.3, 0.4) is 0 Å². The molecule has 6 rings (SSSR count). The van der Waals surface area contributed by atoms with E-state index in [1.165, 1.54) is 6.07 Å². The van der Waals surface area contributed by atoms with Gasteiger partial charge >= 0.3 is 6.61 Å². The van der Waals surface area contributed by atoms with Gasteiger partial charge in [-0.15, -0.1) is 0 Å². The molecule has 2 saturated carbocycles. The van der Waals surface area contributed by atoms with E-state index in [4.69, 9.17) is 15.5 Å². The molecular formula is C22H27F2N5O2. The minimum Gasteiger partial charge on any atom is -0.431 e. The summed E-state index contributed by atoms with van der Waals surface area (Å²) in [5.74, 6) is 2.82. The number of hydrogen-bond acceptors (Lipinski definition) is 6. The summed E-state index contributed by atoms with van der Waals surface area (Å²) in [5, 5.41) is 0. The molecule has 0 bridgehead atoms. The molecule has 0 amide bonds. The largest absolute Gasteiger partial charge is 0.431 e. The zero-order valence-corrected chi connectivity index (χ0v) is 17.3. The third kappa shape index (κ3) is 3.57. The SMILES string of the molecule is Nc1ncc(-c2cn([C@@H]3[C@@H]4CN(C5CCOCC5)C[C@@H]43)c(C3CC3)n2)cc1OC(F)F. The molecule has 2 saturated heterocycles. The standard InChI is InChI=1S/C22H27F2N5O2/c23-22(24)31-18-7-13(8-26-20(18)25)17-11-29(21(27-17)12-1-2-12)19-15-9-28(10-16(15)19)14-3-5-30-6-4-14/h7-8,11-12,14-16,19,22H,1-6,9-10H2,(H2,25,26)/t15-,16+,19-. The molecule has 0 aromatic carbocycles. The molecule has 4 fully saturated rings. The predicted molar refractivity (Wildman–Crippen MR) is 110 cm³/mol. The quantitative estimate of drug-likeness (QED) is 0.756. The van der Waals surface area contributed by atoms with E-state index < -0.39 is 6.61 Å². The highest BCUT2D eigenvalue weighted by molar-refractivity contribution is 5.64. The fraction of sp³-hybridized carbons (Fsp3) is 0.636. The Bertz CT molecular complexity index is 961. The van der Waals surface area contributed by atoms with Crippen LogP contribution < -0.4 is 10.5 Å². The van der Waals surface area contributed by atoms with E-state index in [0.717, 1.165) is 63.5 Å². The average molecular weight is 431 g/mol. The number of nitrogen functional groups attached to an aromatic ring is 1. The van der Waals surface area contributed by atoms with Crippen molar-refractivity contribution in [3.8, 4) is 17.0 Å². The van der Waals surface area contributed by atoms with E-state index >= 15 is 0 Å². The number of imidazole rings is 1. The molecule has 3 atom stereocenters. The molecule has 9 heteroatoms. The summed E-state index contributed by atoms with van der Waals surface area (Å²) in [4.78, 5) is 11.6. The van der Waals surface area contributed by atoms with Crippen LogP contribution in [0.15, 0.2) is 18.5 Å². The minimum absolute atomic E-state index is 0.0455. The van der Waals surface area contributed by atoms with Crippen LogP contribution in [0.5, 0.6) is 5.75 Å². The van der Waals surface area contributed by atoms with Crippen LogP contribution in [0.4, 0.5) is 14.6 Å². The Hall–Kier alpha value is -2.26. The van der Waals surface area contributed by atoms with Crippen LogP contribution in [0.1, 0.15) is 43.5 Å². The second kappa shape index (κ2) is 7.41. The zero-order valence-electron chi connectivity index (χ0n) is 17.3. The molecule has 4 aliphatic rings. The molecule has 2 N–H and O–H groups in total. The van der Waals surface area contributed by atoms with E-state index in [2.05, 4.69) is 25.4 Å². The molecule has 166 valence electrons. The second-order valence-corrected chi connectivity index (χ2v) is 9.27. The van der Waals surface area contributed by atoms with Crippen molar-refractivity contribution in [2.24, 2.45) is 11.8 Å². The Balaban J connectivity index is 1.23. The first-order chi connectivity index (χ1) is 15.1. The topological polar surface area (TPSA) is 78.4 Å². The molecule has 7 nitrogen and oxygen atoms in total. The smallest absolute Gasteiger partial charge is 0.387 e. The number of nitrogens with two attached hydrogens (primary N) is 1. The summed E-state index contributed by atoms with van der Waals surface area (Å²) in [5.41, 5.74) is 7.10. The van der Waals surface area contributed by atoms with E-state index in [1.54, 1.807) is 6.20 Å². The molecule has 31 heavy (non-hydrogen) atoms. The number of hydrogen-bond donors (Lipinski definition) is 1. The van der Waals surface area contributed by atoms with Crippen LogP contribution in [-0.2, 0) is 4.74 Å². The number of pyridine rings is 1. The van der Waals surface area contributed by atoms with Gasteiger partial charge in [0.1, 0.15) is 5.82 Å². The monoisotopic (exact) mass is 431 g/mol. The third-order valence-electron chi connectivity index (χ3n) is 7.30. The first kappa shape index (κ1) is 19.4. The van der Waals surface area contributed by atoms with Gasteiger partial charge in [0.15, 0.2) is 11.6 Å². The minimum atomic E-state index is -2.94. The van der Waals surface area contributed by atoms with E-state index in [1.807, 2.05) is 0 Å². The molecule has 0 spiro atoms. The fourth-order valence-corrected chi connectivity index (χ4v) is 5.50. The zero-order chi connectivity index (χ0) is 21.1. The van der Waals surface area contributed by atoms with Crippen molar-refractivity contribution >= 4 is 5.82 Å². The Kier molecular flexibility index (Phi) is 4.64. The molecular weight excluding hydrogens is 404 g/mol. The summed E-state index contributed by atoms with van der Waals surface area (Å²) in [6.45, 7) is 1.11. The summed E-state index contributed by atoms with van der Waals surface area (Å²) < 4.78 is 37.8. The summed E-state index contributed by atoms with van der Waals surface area (Å²) in [7, 11) is 0. The predicted octanol–water partition coefficient (Wildman–Crippen LogP) is 3.29. The second-order valence-electron chi connectivity index (χ2n) is 9.27. The lowest BCUT2D eigenvalue weighted by molar-refractivity contribution is -0.0494. The number of halogens is 2. The van der Waals surface area contributed by atoms with Crippen molar-refractivity contribution in [2.75, 3.05) is 32.0 Å². The normalized spacial score (nSPS) is 28.8. The number of aromatic nitrogens is 3. The number of fused-ring (bicyclic) bond motifs is 1. The molecule has 0 radical (unpaired) electrons. The van der Waals surface area contributed by atoms with Gasteiger partial charge < -0.3 is 19.8 Å². The lowest BCUT2D eigenvalue weighted by Crippen LogP contribution is -2.39. The van der Waals surface area contributed by atoms with Crippen LogP contribution in [0.2, 0.25) is 0 Å². The van der Waals surface area contributed by atoms with E-state index in [9.17, 15) is 8.78 Å². The van der Waals surface area contributed by atoms with Crippen molar-refractivity contribution in [2.45, 2.75) is 50.3 Å². The number of rotatable bonds is 6. The van der Waals surface area contributed by atoms with Gasteiger partial charge in [0, 0.05) is 62.3 Å². The van der Waals surface area contributed by atoms with Gasteiger partial charge in [-0.05, 0) is 43.6 Å². The maximum Gasteiger partial charge on any atom is 0.387 e. The highest BCUT2D eigenvalue weighted by Crippen LogP contribution is 2.58. The Labute approximate surface area is 179 Å². The Morgan fingerprint density at radius 2 is 1.87 bits per heavy atom. The average Bonchev–Trinajstić information content (AvgIpc) is 3.64. The van der Waals surface area contributed by atoms with Crippen LogP contribution in [-0.4, -0.2) is 58.4 Å².